The number of ether oxygens (including phenoxy) is 1. The van der Waals surface area contributed by atoms with Crippen molar-refractivity contribution in [1.82, 2.24) is 0 Å². The molecular formula is C12H22O11. The van der Waals surface area contributed by atoms with Gasteiger partial charge in [-0.3, -0.25) is 4.79 Å². The van der Waals surface area contributed by atoms with Gasteiger partial charge in [-0.1, -0.05) is 0 Å². The van der Waals surface area contributed by atoms with Gasteiger partial charge in [-0.15, -0.1) is 0 Å². The van der Waals surface area contributed by atoms with E-state index in [-0.39, 0.29) is 0 Å². The van der Waals surface area contributed by atoms with Crippen LogP contribution in [0.25, 0.3) is 0 Å². The molecule has 1 unspecified atom stereocenters. The second-order valence-electron chi connectivity index (χ2n) is 5.33. The molecule has 1 aliphatic rings. The van der Waals surface area contributed by atoms with Crippen molar-refractivity contribution < 1.29 is 55.5 Å². The molecule has 11 heteroatoms. The van der Waals surface area contributed by atoms with Gasteiger partial charge in [0.05, 0.1) is 13.2 Å². The van der Waals surface area contributed by atoms with Crippen molar-refractivity contribution in [2.75, 3.05) is 13.2 Å². The molecule has 0 aromatic rings. The third-order valence-electron chi connectivity index (χ3n) is 3.72. The summed E-state index contributed by atoms with van der Waals surface area (Å²) in [6, 6.07) is 0. The fourth-order valence-corrected chi connectivity index (χ4v) is 2.20. The molecule has 9 atom stereocenters. The predicted molar refractivity (Wildman–Crippen MR) is 69.9 cm³/mol. The molecule has 1 heterocycles. The van der Waals surface area contributed by atoms with Crippen molar-refractivity contribution in [3.63, 3.8) is 0 Å². The van der Waals surface area contributed by atoms with Crippen molar-refractivity contribution >= 4 is 5.78 Å². The lowest BCUT2D eigenvalue weighted by atomic mass is 9.89. The maximum absolute atomic E-state index is 12.1. The third kappa shape index (κ3) is 4.22. The third-order valence-corrected chi connectivity index (χ3v) is 3.72. The number of hydrogen-bond acceptors (Lipinski definition) is 11. The quantitative estimate of drug-likeness (QED) is 0.212. The molecule has 0 aliphatic carbocycles. The van der Waals surface area contributed by atoms with Gasteiger partial charge in [0.1, 0.15) is 54.9 Å². The molecule has 1 saturated heterocycles. The highest BCUT2D eigenvalue weighted by Gasteiger charge is 2.49. The van der Waals surface area contributed by atoms with Gasteiger partial charge in [0.2, 0.25) is 0 Å². The van der Waals surface area contributed by atoms with Crippen LogP contribution < -0.4 is 0 Å². The highest BCUT2D eigenvalue weighted by molar-refractivity contribution is 5.88. The Hall–Kier alpha value is -0.730. The van der Waals surface area contributed by atoms with E-state index in [9.17, 15) is 40.5 Å². The molecule has 136 valence electrons. The molecule has 1 rings (SSSR count). The van der Waals surface area contributed by atoms with Crippen LogP contribution in [-0.4, -0.2) is 120 Å². The minimum Gasteiger partial charge on any atom is -0.394 e. The van der Waals surface area contributed by atoms with Crippen LogP contribution in [0.1, 0.15) is 0 Å². The summed E-state index contributed by atoms with van der Waals surface area (Å²) in [5.74, 6) is -1.35. The number of carbonyl (C=O) groups excluding carboxylic acids is 1. The smallest absolute Gasteiger partial charge is 0.195 e. The number of aliphatic hydroxyl groups is 9. The lowest BCUT2D eigenvalue weighted by molar-refractivity contribution is -0.231. The monoisotopic (exact) mass is 342 g/mol. The van der Waals surface area contributed by atoms with Crippen LogP contribution in [0.5, 0.6) is 0 Å². The minimum absolute atomic E-state index is 0.792. The Morgan fingerprint density at radius 2 is 1.48 bits per heavy atom. The number of ketones is 1. The Morgan fingerprint density at radius 3 is 1.96 bits per heavy atom. The largest absolute Gasteiger partial charge is 0.394 e. The Balaban J connectivity index is 2.85. The zero-order valence-electron chi connectivity index (χ0n) is 12.0. The van der Waals surface area contributed by atoms with E-state index in [1.165, 1.54) is 0 Å². The Morgan fingerprint density at radius 1 is 0.913 bits per heavy atom. The van der Waals surface area contributed by atoms with Crippen LogP contribution in [0.3, 0.4) is 0 Å². The highest BCUT2D eigenvalue weighted by atomic mass is 16.5. The van der Waals surface area contributed by atoms with Crippen molar-refractivity contribution in [2.24, 2.45) is 0 Å². The SMILES string of the molecule is O=C(C1O[C@H](CO)[C@@H](O)[C@H](O)[C@H]1O)[C@H](O)[C@@H](O)[C@H](O)[C@H](O)CO. The topological polar surface area (TPSA) is 208 Å². The lowest BCUT2D eigenvalue weighted by Crippen LogP contribution is -2.63. The Labute approximate surface area is 130 Å². The average molecular weight is 342 g/mol. The molecule has 0 saturated carbocycles. The van der Waals surface area contributed by atoms with Crippen LogP contribution in [-0.2, 0) is 9.53 Å². The van der Waals surface area contributed by atoms with Gasteiger partial charge in [0.25, 0.3) is 0 Å². The van der Waals surface area contributed by atoms with Gasteiger partial charge in [-0.2, -0.15) is 0 Å². The summed E-state index contributed by atoms with van der Waals surface area (Å²) in [5.41, 5.74) is 0. The van der Waals surface area contributed by atoms with Crippen LogP contribution in [0, 0.1) is 0 Å². The molecule has 11 nitrogen and oxygen atoms in total. The number of carbonyl (C=O) groups is 1. The average Bonchev–Trinajstić information content (AvgIpc) is 2.56. The summed E-state index contributed by atoms with van der Waals surface area (Å²) in [5, 5.41) is 84.5. The van der Waals surface area contributed by atoms with Gasteiger partial charge < -0.3 is 50.7 Å². The van der Waals surface area contributed by atoms with Crippen LogP contribution in [0.15, 0.2) is 0 Å². The Bertz CT molecular complexity index is 389. The summed E-state index contributed by atoms with van der Waals surface area (Å²) < 4.78 is 4.91. The van der Waals surface area contributed by atoms with Gasteiger partial charge in [0, 0.05) is 0 Å². The van der Waals surface area contributed by atoms with Gasteiger partial charge in [-0.05, 0) is 0 Å². The summed E-state index contributed by atoms with van der Waals surface area (Å²) >= 11 is 0. The second kappa shape index (κ2) is 8.39. The van der Waals surface area contributed by atoms with Gasteiger partial charge in [0.15, 0.2) is 5.78 Å². The standard InChI is InChI=1S/C12H22O11/c13-1-3(15)5(16)7(18)9(20)11(22)12-10(21)8(19)6(17)4(2-14)23-12/h3-10,12-21H,1-2H2/t3-,4-,5-,6-,7+,8+,9-,10-,12?/m1/s1. The van der Waals surface area contributed by atoms with Crippen LogP contribution >= 0.6 is 0 Å². The lowest BCUT2D eigenvalue weighted by Gasteiger charge is -2.40. The van der Waals surface area contributed by atoms with E-state index in [4.69, 9.17) is 14.9 Å². The molecule has 0 spiro atoms. The molecular weight excluding hydrogens is 320 g/mol. The maximum atomic E-state index is 12.1. The minimum atomic E-state index is -2.33. The fourth-order valence-electron chi connectivity index (χ4n) is 2.20. The molecule has 1 aliphatic heterocycles. The van der Waals surface area contributed by atoms with E-state index in [0.29, 0.717) is 0 Å². The van der Waals surface area contributed by atoms with Crippen LogP contribution in [0.2, 0.25) is 0 Å². The van der Waals surface area contributed by atoms with Gasteiger partial charge >= 0.3 is 0 Å². The number of Topliss-reactive ketones (excluding diaryl/α,β-unsaturated/α-hetero) is 1. The van der Waals surface area contributed by atoms with E-state index in [2.05, 4.69) is 0 Å². The van der Waals surface area contributed by atoms with Crippen LogP contribution in [0.4, 0.5) is 0 Å². The fraction of sp³-hybridized carbons (Fsp3) is 0.917. The first-order valence-electron chi connectivity index (χ1n) is 6.84. The molecule has 0 aromatic carbocycles. The number of aliphatic hydroxyl groups excluding tert-OH is 9. The van der Waals surface area contributed by atoms with Crippen molar-refractivity contribution in [2.45, 2.75) is 54.9 Å². The van der Waals surface area contributed by atoms with E-state index in [0.717, 1.165) is 0 Å². The first-order valence-corrected chi connectivity index (χ1v) is 6.84. The normalized spacial score (nSPS) is 37.0. The first-order chi connectivity index (χ1) is 10.7. The van der Waals surface area contributed by atoms with Crippen molar-refractivity contribution in [1.29, 1.82) is 0 Å². The molecule has 0 radical (unpaired) electrons. The maximum Gasteiger partial charge on any atom is 0.195 e. The summed E-state index contributed by atoms with van der Waals surface area (Å²) in [7, 11) is 0. The number of hydrogen-bond donors (Lipinski definition) is 9. The highest BCUT2D eigenvalue weighted by Crippen LogP contribution is 2.23. The van der Waals surface area contributed by atoms with E-state index in [1.54, 1.807) is 0 Å². The predicted octanol–water partition coefficient (Wildman–Crippen LogP) is -6.17. The van der Waals surface area contributed by atoms with E-state index >= 15 is 0 Å². The molecule has 0 bridgehead atoms. The first kappa shape index (κ1) is 20.3. The zero-order valence-corrected chi connectivity index (χ0v) is 12.0. The summed E-state index contributed by atoms with van der Waals surface area (Å²) in [6.07, 6.45) is -17.2. The Kier molecular flexibility index (Phi) is 7.41. The number of rotatable bonds is 7. The molecule has 23 heavy (non-hydrogen) atoms. The molecule has 9 N–H and O–H groups in total. The molecule has 0 amide bonds. The summed E-state index contributed by atoms with van der Waals surface area (Å²) in [6.45, 7) is -1.74. The van der Waals surface area contributed by atoms with Crippen molar-refractivity contribution in [3.8, 4) is 0 Å². The van der Waals surface area contributed by atoms with E-state index < -0.39 is 73.9 Å². The zero-order chi connectivity index (χ0) is 17.9. The van der Waals surface area contributed by atoms with Crippen molar-refractivity contribution in [3.05, 3.63) is 0 Å². The second-order valence-corrected chi connectivity index (χ2v) is 5.33. The van der Waals surface area contributed by atoms with Gasteiger partial charge in [-0.25, -0.2) is 0 Å². The molecule has 0 aromatic heterocycles. The molecule has 1 fully saturated rings. The van der Waals surface area contributed by atoms with E-state index in [1.807, 2.05) is 0 Å². The summed E-state index contributed by atoms with van der Waals surface area (Å²) in [4.78, 5) is 12.1.